The Morgan fingerprint density at radius 3 is 2.16 bits per heavy atom. The van der Waals surface area contributed by atoms with E-state index in [1.165, 1.54) is 25.2 Å². The predicted molar refractivity (Wildman–Crippen MR) is 145 cm³/mol. The van der Waals surface area contributed by atoms with Crippen LogP contribution in [0.4, 0.5) is 5.69 Å². The Bertz CT molecular complexity index is 1170. The Hall–Kier alpha value is -3.27. The van der Waals surface area contributed by atoms with Crippen LogP contribution in [-0.4, -0.2) is 64.2 Å². The highest BCUT2D eigenvalue weighted by atomic mass is 32.2. The number of carbonyl (C=O) groups excluding carboxylic acids is 2. The average molecular weight is 534 g/mol. The van der Waals surface area contributed by atoms with Gasteiger partial charge in [-0.05, 0) is 44.4 Å². The largest absolute Gasteiger partial charge is 0.497 e. The van der Waals surface area contributed by atoms with Crippen LogP contribution in [0.2, 0.25) is 0 Å². The van der Waals surface area contributed by atoms with Crippen molar-refractivity contribution in [2.24, 2.45) is 0 Å². The van der Waals surface area contributed by atoms with Gasteiger partial charge < -0.3 is 19.7 Å². The summed E-state index contributed by atoms with van der Waals surface area (Å²) < 4.78 is 37.3. The fraction of sp³-hybridized carbons (Fsp3) is 0.481. The fourth-order valence-electron chi connectivity index (χ4n) is 3.84. The van der Waals surface area contributed by atoms with Gasteiger partial charge in [-0.1, -0.05) is 43.7 Å². The number of ether oxygens (including phenoxy) is 2. The van der Waals surface area contributed by atoms with Gasteiger partial charge >= 0.3 is 0 Å². The minimum Gasteiger partial charge on any atom is -0.497 e. The smallest absolute Gasteiger partial charge is 0.244 e. The summed E-state index contributed by atoms with van der Waals surface area (Å²) in [6.45, 7) is 7.32. The molecule has 0 radical (unpaired) electrons. The molecule has 37 heavy (non-hydrogen) atoms. The molecule has 2 aromatic rings. The van der Waals surface area contributed by atoms with Gasteiger partial charge in [0.15, 0.2) is 0 Å². The predicted octanol–water partition coefficient (Wildman–Crippen LogP) is 3.50. The molecule has 2 aromatic carbocycles. The van der Waals surface area contributed by atoms with Crippen LogP contribution in [0.5, 0.6) is 11.5 Å². The Labute approximate surface area is 220 Å². The summed E-state index contributed by atoms with van der Waals surface area (Å²) in [5, 5.41) is 2.96. The maximum absolute atomic E-state index is 13.8. The molecule has 0 saturated heterocycles. The molecule has 0 aliphatic rings. The number of methoxy groups -OCH3 is 2. The van der Waals surface area contributed by atoms with Crippen LogP contribution in [0.3, 0.4) is 0 Å². The summed E-state index contributed by atoms with van der Waals surface area (Å²) >= 11 is 0. The van der Waals surface area contributed by atoms with Gasteiger partial charge in [0.05, 0.1) is 26.2 Å². The lowest BCUT2D eigenvalue weighted by molar-refractivity contribution is -0.140. The second kappa shape index (κ2) is 13.3. The Balaban J connectivity index is 2.50. The third-order valence-corrected chi connectivity index (χ3v) is 7.32. The molecule has 1 N–H and O–H groups in total. The Morgan fingerprint density at radius 1 is 1.00 bits per heavy atom. The second-order valence-corrected chi connectivity index (χ2v) is 11.0. The summed E-state index contributed by atoms with van der Waals surface area (Å²) in [4.78, 5) is 28.4. The van der Waals surface area contributed by atoms with E-state index < -0.39 is 28.5 Å². The van der Waals surface area contributed by atoms with E-state index >= 15 is 0 Å². The third-order valence-electron chi connectivity index (χ3n) is 6.20. The van der Waals surface area contributed by atoms with E-state index in [1.807, 2.05) is 52.0 Å². The highest BCUT2D eigenvalue weighted by Crippen LogP contribution is 2.33. The zero-order valence-electron chi connectivity index (χ0n) is 22.8. The number of hydrogen-bond donors (Lipinski definition) is 1. The molecule has 2 amide bonds. The lowest BCUT2D eigenvalue weighted by Crippen LogP contribution is -2.53. The summed E-state index contributed by atoms with van der Waals surface area (Å²) in [5.41, 5.74) is 2.10. The van der Waals surface area contributed by atoms with E-state index in [1.54, 1.807) is 12.1 Å². The molecule has 9 nitrogen and oxygen atoms in total. The van der Waals surface area contributed by atoms with Crippen LogP contribution in [-0.2, 0) is 26.2 Å². The molecular formula is C27H39N3O6S. The minimum atomic E-state index is -3.89. The number of amides is 2. The molecule has 2 atom stereocenters. The monoisotopic (exact) mass is 533 g/mol. The first kappa shape index (κ1) is 30.0. The molecule has 0 spiro atoms. The van der Waals surface area contributed by atoms with Crippen molar-refractivity contribution in [2.75, 3.05) is 31.3 Å². The van der Waals surface area contributed by atoms with Crippen LogP contribution in [0.25, 0.3) is 0 Å². The van der Waals surface area contributed by atoms with Crippen molar-refractivity contribution in [3.8, 4) is 11.5 Å². The van der Waals surface area contributed by atoms with E-state index in [9.17, 15) is 18.0 Å². The number of hydrogen-bond acceptors (Lipinski definition) is 6. The van der Waals surface area contributed by atoms with Crippen molar-refractivity contribution in [3.63, 3.8) is 0 Å². The normalized spacial score (nSPS) is 12.8. The topological polar surface area (TPSA) is 105 Å². The van der Waals surface area contributed by atoms with Gasteiger partial charge in [0.25, 0.3) is 0 Å². The fourth-order valence-corrected chi connectivity index (χ4v) is 4.69. The quantitative estimate of drug-likeness (QED) is 0.423. The van der Waals surface area contributed by atoms with Gasteiger partial charge in [0.2, 0.25) is 21.8 Å². The van der Waals surface area contributed by atoms with E-state index in [4.69, 9.17) is 9.47 Å². The van der Waals surface area contributed by atoms with E-state index in [2.05, 4.69) is 5.32 Å². The second-order valence-electron chi connectivity index (χ2n) is 9.06. The van der Waals surface area contributed by atoms with Crippen LogP contribution in [0.15, 0.2) is 42.5 Å². The average Bonchev–Trinajstić information content (AvgIpc) is 2.86. The lowest BCUT2D eigenvalue weighted by atomic mass is 10.1. The molecule has 0 aliphatic heterocycles. The zero-order chi connectivity index (χ0) is 27.8. The first-order valence-electron chi connectivity index (χ1n) is 12.3. The van der Waals surface area contributed by atoms with Crippen LogP contribution in [0, 0.1) is 6.92 Å². The zero-order valence-corrected chi connectivity index (χ0v) is 23.6. The van der Waals surface area contributed by atoms with Crippen molar-refractivity contribution in [3.05, 3.63) is 53.6 Å². The molecule has 2 rings (SSSR count). The van der Waals surface area contributed by atoms with Crippen molar-refractivity contribution in [1.82, 2.24) is 10.2 Å². The summed E-state index contributed by atoms with van der Waals surface area (Å²) in [7, 11) is -0.984. The van der Waals surface area contributed by atoms with Crippen LogP contribution >= 0.6 is 0 Å². The van der Waals surface area contributed by atoms with Crippen molar-refractivity contribution < 1.29 is 27.5 Å². The van der Waals surface area contributed by atoms with Gasteiger partial charge in [0, 0.05) is 18.7 Å². The summed E-state index contributed by atoms with van der Waals surface area (Å²) in [6, 6.07) is 11.5. The molecule has 0 saturated carbocycles. The maximum Gasteiger partial charge on any atom is 0.244 e. The van der Waals surface area contributed by atoms with E-state index in [0.29, 0.717) is 12.2 Å². The maximum atomic E-state index is 13.8. The number of nitrogens with one attached hydrogen (secondary N) is 1. The number of sulfonamides is 1. The van der Waals surface area contributed by atoms with Gasteiger partial charge in [-0.25, -0.2) is 8.42 Å². The minimum absolute atomic E-state index is 0.0612. The Morgan fingerprint density at radius 2 is 1.65 bits per heavy atom. The van der Waals surface area contributed by atoms with Gasteiger partial charge in [-0.2, -0.15) is 0 Å². The number of aryl methyl sites for hydroxylation is 1. The van der Waals surface area contributed by atoms with Crippen molar-refractivity contribution >= 4 is 27.5 Å². The molecule has 0 bridgehead atoms. The summed E-state index contributed by atoms with van der Waals surface area (Å²) in [6.07, 6.45) is 2.14. The van der Waals surface area contributed by atoms with Crippen molar-refractivity contribution in [2.45, 2.75) is 59.2 Å². The number of carbonyl (C=O) groups is 2. The lowest BCUT2D eigenvalue weighted by Gasteiger charge is -2.33. The van der Waals surface area contributed by atoms with E-state index in [0.717, 1.165) is 28.1 Å². The van der Waals surface area contributed by atoms with Gasteiger partial charge in [0.1, 0.15) is 24.1 Å². The summed E-state index contributed by atoms with van der Waals surface area (Å²) in [5.74, 6) is -0.0568. The molecular weight excluding hydrogens is 494 g/mol. The molecule has 0 unspecified atom stereocenters. The molecule has 10 heteroatoms. The van der Waals surface area contributed by atoms with Crippen LogP contribution in [0.1, 0.15) is 44.7 Å². The van der Waals surface area contributed by atoms with Crippen molar-refractivity contribution in [1.29, 1.82) is 0 Å². The Kier molecular flexibility index (Phi) is 10.8. The highest BCUT2D eigenvalue weighted by molar-refractivity contribution is 7.92. The number of anilines is 1. The van der Waals surface area contributed by atoms with Gasteiger partial charge in [-0.3, -0.25) is 13.9 Å². The SMILES string of the molecule is CC[C@H](C(=O)N[C@@H](C)CC)N(Cc1ccc(C)cc1)C(=O)CN(c1ccc(OC)cc1OC)S(C)(=O)=O. The molecule has 0 aromatic heterocycles. The van der Waals surface area contributed by atoms with Crippen LogP contribution < -0.4 is 19.1 Å². The first-order valence-corrected chi connectivity index (χ1v) is 14.1. The standard InChI is InChI=1S/C27H39N3O6S/c1-8-20(4)28-27(32)23(9-2)29(17-21-12-10-19(3)11-13-21)26(31)18-30(37(7,33)34)24-15-14-22(35-5)16-25(24)36-6/h10-16,20,23H,8-9,17-18H2,1-7H3,(H,28,32)/t20-,23+/m0/s1. The molecule has 0 heterocycles. The first-order chi connectivity index (χ1) is 17.4. The molecule has 0 fully saturated rings. The van der Waals surface area contributed by atoms with E-state index in [-0.39, 0.29) is 29.9 Å². The molecule has 204 valence electrons. The number of nitrogens with zero attached hydrogens (tertiary/aromatic N) is 2. The number of rotatable bonds is 13. The molecule has 0 aliphatic carbocycles. The third kappa shape index (κ3) is 8.11. The highest BCUT2D eigenvalue weighted by Gasteiger charge is 2.33. The van der Waals surface area contributed by atoms with Gasteiger partial charge in [-0.15, -0.1) is 0 Å². The number of benzene rings is 2.